The molecule has 0 fully saturated rings. The van der Waals surface area contributed by atoms with Crippen molar-refractivity contribution in [3.8, 4) is 11.4 Å². The van der Waals surface area contributed by atoms with Gasteiger partial charge >= 0.3 is 6.18 Å². The topological polar surface area (TPSA) is 73.8 Å². The van der Waals surface area contributed by atoms with Crippen LogP contribution < -0.4 is 11.3 Å². The van der Waals surface area contributed by atoms with E-state index in [9.17, 15) is 26.7 Å². The number of rotatable bonds is 5. The van der Waals surface area contributed by atoms with Crippen molar-refractivity contribution in [2.45, 2.75) is 25.6 Å². The summed E-state index contributed by atoms with van der Waals surface area (Å²) in [6, 6.07) is 2.57. The van der Waals surface area contributed by atoms with Gasteiger partial charge in [-0.05, 0) is 36.9 Å². The lowest BCUT2D eigenvalue weighted by molar-refractivity contribution is -0.138. The smallest absolute Gasteiger partial charge is 0.330 e. The fraction of sp³-hybridized carbons (Fsp3) is 0.278. The number of nitrogens with two attached hydrogens (primary N) is 1. The molecule has 3 aromatic rings. The maximum atomic E-state index is 14.6. The highest BCUT2D eigenvalue weighted by molar-refractivity contribution is 5.86. The van der Waals surface area contributed by atoms with E-state index in [1.165, 1.54) is 16.8 Å². The number of halogens is 6. The number of unbranched alkanes of at least 4 members (excludes halogenated alkanes) is 1. The Bertz CT molecular complexity index is 1070. The first kappa shape index (κ1) is 22.7. The highest BCUT2D eigenvalue weighted by atomic mass is 35.5. The molecular weight excluding hydrogens is 419 g/mol. The van der Waals surface area contributed by atoms with Crippen LogP contribution in [0.5, 0.6) is 0 Å². The lowest BCUT2D eigenvalue weighted by Crippen LogP contribution is -2.21. The third-order valence-corrected chi connectivity index (χ3v) is 4.22. The molecular formula is C18H16ClF5N4O. The highest BCUT2D eigenvalue weighted by Gasteiger charge is 2.31. The molecule has 0 aliphatic carbocycles. The van der Waals surface area contributed by atoms with Gasteiger partial charge in [0, 0.05) is 25.1 Å². The van der Waals surface area contributed by atoms with E-state index in [1.807, 2.05) is 0 Å². The lowest BCUT2D eigenvalue weighted by Gasteiger charge is -2.11. The normalized spacial score (nSPS) is 11.5. The summed E-state index contributed by atoms with van der Waals surface area (Å²) < 4.78 is 68.2. The van der Waals surface area contributed by atoms with Gasteiger partial charge in [0.15, 0.2) is 17.5 Å². The van der Waals surface area contributed by atoms with Gasteiger partial charge in [-0.2, -0.15) is 13.2 Å². The minimum Gasteiger partial charge on any atom is -0.330 e. The van der Waals surface area contributed by atoms with Gasteiger partial charge in [0.2, 0.25) is 0 Å². The number of pyridine rings is 1. The average molecular weight is 435 g/mol. The molecule has 2 heterocycles. The van der Waals surface area contributed by atoms with E-state index in [0.29, 0.717) is 38.3 Å². The van der Waals surface area contributed by atoms with E-state index in [1.54, 1.807) is 0 Å². The summed E-state index contributed by atoms with van der Waals surface area (Å²) in [5.74, 6) is -3.21. The van der Waals surface area contributed by atoms with Crippen LogP contribution in [0.15, 0.2) is 35.5 Å². The second-order valence-corrected chi connectivity index (χ2v) is 6.12. The molecule has 0 unspecified atom stereocenters. The Labute approximate surface area is 167 Å². The quantitative estimate of drug-likeness (QED) is 0.488. The summed E-state index contributed by atoms with van der Waals surface area (Å²) in [6.07, 6.45) is -0.968. The van der Waals surface area contributed by atoms with E-state index in [-0.39, 0.29) is 17.8 Å². The molecule has 2 N–H and O–H groups in total. The molecule has 0 aliphatic heterocycles. The van der Waals surface area contributed by atoms with Crippen LogP contribution in [-0.4, -0.2) is 21.1 Å². The molecule has 3 rings (SSSR count). The minimum absolute atomic E-state index is 0. The number of alkyl halides is 3. The van der Waals surface area contributed by atoms with Crippen LogP contribution in [0.3, 0.4) is 0 Å². The molecule has 1 aromatic carbocycles. The number of benzene rings is 1. The van der Waals surface area contributed by atoms with Gasteiger partial charge in [-0.15, -0.1) is 12.4 Å². The zero-order valence-electron chi connectivity index (χ0n) is 14.8. The monoisotopic (exact) mass is 434 g/mol. The molecule has 0 radical (unpaired) electrons. The largest absolute Gasteiger partial charge is 0.419 e. The van der Waals surface area contributed by atoms with Gasteiger partial charge < -0.3 is 10.3 Å². The van der Waals surface area contributed by atoms with Crippen LogP contribution in [0.4, 0.5) is 22.0 Å². The number of fused-ring (bicyclic) bond motifs is 1. The minimum atomic E-state index is -4.65. The Hall–Kier alpha value is -2.59. The van der Waals surface area contributed by atoms with Crippen molar-refractivity contribution in [2.75, 3.05) is 6.54 Å². The van der Waals surface area contributed by atoms with Crippen molar-refractivity contribution in [1.82, 2.24) is 14.5 Å². The van der Waals surface area contributed by atoms with Gasteiger partial charge in [-0.3, -0.25) is 4.79 Å². The maximum Gasteiger partial charge on any atom is 0.419 e. The fourth-order valence-corrected chi connectivity index (χ4v) is 2.75. The van der Waals surface area contributed by atoms with Gasteiger partial charge in [-0.1, -0.05) is 0 Å². The van der Waals surface area contributed by atoms with Crippen LogP contribution in [0, 0.1) is 11.6 Å². The molecule has 156 valence electrons. The summed E-state index contributed by atoms with van der Waals surface area (Å²) in [5, 5.41) is -0.346. The molecule has 0 saturated carbocycles. The van der Waals surface area contributed by atoms with Gasteiger partial charge in [0.25, 0.3) is 5.56 Å². The maximum absolute atomic E-state index is 14.6. The fourth-order valence-electron chi connectivity index (χ4n) is 2.75. The Kier molecular flexibility index (Phi) is 6.91. The molecule has 0 spiro atoms. The standard InChI is InChI=1S/C18H15F5N4O.ClH/c19-14-12(16-25-8-11(9-26-16)18(21,22)23)7-10-3-6-27(5-2-1-4-24)17(28)13(10)15(14)20;/h3,6-9H,1-2,4-5,24H2;1H. The van der Waals surface area contributed by atoms with E-state index in [2.05, 4.69) is 9.97 Å². The van der Waals surface area contributed by atoms with E-state index < -0.39 is 45.7 Å². The first-order chi connectivity index (χ1) is 13.2. The second kappa shape index (κ2) is 8.83. The van der Waals surface area contributed by atoms with Gasteiger partial charge in [-0.25, -0.2) is 18.7 Å². The Morgan fingerprint density at radius 1 is 1.07 bits per heavy atom. The van der Waals surface area contributed by atoms with Crippen LogP contribution in [0.2, 0.25) is 0 Å². The van der Waals surface area contributed by atoms with Crippen molar-refractivity contribution < 1.29 is 22.0 Å². The third-order valence-electron chi connectivity index (χ3n) is 4.22. The summed E-state index contributed by atoms with van der Waals surface area (Å²) >= 11 is 0. The van der Waals surface area contributed by atoms with E-state index >= 15 is 0 Å². The molecule has 0 saturated heterocycles. The second-order valence-electron chi connectivity index (χ2n) is 6.12. The predicted molar refractivity (Wildman–Crippen MR) is 99.7 cm³/mol. The van der Waals surface area contributed by atoms with Crippen LogP contribution in [0.25, 0.3) is 22.2 Å². The number of nitrogens with zero attached hydrogens (tertiary/aromatic N) is 3. The van der Waals surface area contributed by atoms with Gasteiger partial charge in [0.05, 0.1) is 16.5 Å². The Balaban J connectivity index is 0.00000300. The summed E-state index contributed by atoms with van der Waals surface area (Å²) in [4.78, 5) is 19.4. The van der Waals surface area contributed by atoms with Crippen LogP contribution in [-0.2, 0) is 12.7 Å². The SMILES string of the molecule is Cl.NCCCCn1ccc2cc(-c3ncc(C(F)(F)F)cn3)c(F)c(F)c2c1=O. The first-order valence-corrected chi connectivity index (χ1v) is 8.35. The molecule has 0 atom stereocenters. The average Bonchev–Trinajstić information content (AvgIpc) is 2.65. The van der Waals surface area contributed by atoms with Crippen molar-refractivity contribution in [3.63, 3.8) is 0 Å². The van der Waals surface area contributed by atoms with Crippen molar-refractivity contribution in [1.29, 1.82) is 0 Å². The number of aryl methyl sites for hydroxylation is 1. The molecule has 11 heteroatoms. The van der Waals surface area contributed by atoms with Crippen molar-refractivity contribution in [2.24, 2.45) is 5.73 Å². The predicted octanol–water partition coefficient (Wildman–Crippen LogP) is 3.92. The third kappa shape index (κ3) is 4.54. The number of hydrogen-bond acceptors (Lipinski definition) is 4. The van der Waals surface area contributed by atoms with E-state index in [4.69, 9.17) is 5.73 Å². The van der Waals surface area contributed by atoms with Crippen molar-refractivity contribution >= 4 is 23.2 Å². The van der Waals surface area contributed by atoms with Crippen molar-refractivity contribution in [3.05, 3.63) is 58.3 Å². The lowest BCUT2D eigenvalue weighted by atomic mass is 10.1. The zero-order chi connectivity index (χ0) is 20.5. The Morgan fingerprint density at radius 3 is 2.31 bits per heavy atom. The molecule has 2 aromatic heterocycles. The van der Waals surface area contributed by atoms with Crippen LogP contribution in [0.1, 0.15) is 18.4 Å². The number of aromatic nitrogens is 3. The Morgan fingerprint density at radius 2 is 1.72 bits per heavy atom. The molecule has 0 bridgehead atoms. The summed E-state index contributed by atoms with van der Waals surface area (Å²) in [5.41, 5.74) is 3.15. The highest BCUT2D eigenvalue weighted by Crippen LogP contribution is 2.30. The molecule has 29 heavy (non-hydrogen) atoms. The zero-order valence-corrected chi connectivity index (χ0v) is 15.7. The van der Waals surface area contributed by atoms with Crippen LogP contribution >= 0.6 is 12.4 Å². The molecule has 5 nitrogen and oxygen atoms in total. The molecule has 0 aliphatic rings. The van der Waals surface area contributed by atoms with Gasteiger partial charge in [0.1, 0.15) is 0 Å². The van der Waals surface area contributed by atoms with E-state index in [0.717, 1.165) is 6.07 Å². The first-order valence-electron chi connectivity index (χ1n) is 8.35. The molecule has 0 amide bonds. The number of hydrogen-bond donors (Lipinski definition) is 1. The summed E-state index contributed by atoms with van der Waals surface area (Å²) in [7, 11) is 0. The summed E-state index contributed by atoms with van der Waals surface area (Å²) in [6.45, 7) is 0.749.